The predicted molar refractivity (Wildman–Crippen MR) is 204 cm³/mol. The molecule has 0 bridgehead atoms. The molecule has 0 aliphatic heterocycles. The molecule has 9 aromatic rings. The van der Waals surface area contributed by atoms with Crippen molar-refractivity contribution in [2.75, 3.05) is 0 Å². The fraction of sp³-hybridized carbons (Fsp3) is 0. The lowest BCUT2D eigenvalue weighted by atomic mass is 9.96. The van der Waals surface area contributed by atoms with E-state index in [0.29, 0.717) is 22.3 Å². The summed E-state index contributed by atoms with van der Waals surface area (Å²) in [6, 6.07) is 45.1. The first-order valence-electron chi connectivity index (χ1n) is 18.8. The summed E-state index contributed by atoms with van der Waals surface area (Å²) in [5.41, 5.74) is 9.04. The van der Waals surface area contributed by atoms with E-state index in [2.05, 4.69) is 53.5 Å². The minimum Gasteiger partial charge on any atom is -0.456 e. The van der Waals surface area contributed by atoms with Crippen LogP contribution in [0, 0.1) is 11.3 Å². The van der Waals surface area contributed by atoms with Crippen molar-refractivity contribution >= 4 is 21.9 Å². The molecule has 0 saturated carbocycles. The maximum absolute atomic E-state index is 9.39. The number of nitrogens with zero attached hydrogens (tertiary/aromatic N) is 4. The number of benzene rings is 7. The number of fused-ring (bicyclic) bond motifs is 3. The van der Waals surface area contributed by atoms with Crippen LogP contribution in [0.4, 0.5) is 0 Å². The minimum atomic E-state index is -0.504. The van der Waals surface area contributed by atoms with E-state index in [1.165, 1.54) is 0 Å². The second kappa shape index (κ2) is 12.7. The lowest BCUT2D eigenvalue weighted by Gasteiger charge is -2.09. The van der Waals surface area contributed by atoms with Crippen molar-refractivity contribution in [1.29, 1.82) is 5.26 Å². The van der Waals surface area contributed by atoms with Gasteiger partial charge in [0.2, 0.25) is 0 Å². The van der Waals surface area contributed by atoms with Gasteiger partial charge in [-0.3, -0.25) is 0 Å². The van der Waals surface area contributed by atoms with E-state index in [1.807, 2.05) is 91.0 Å². The number of hydrogen-bond acceptors (Lipinski definition) is 5. The Balaban J connectivity index is 1.18. The van der Waals surface area contributed by atoms with E-state index in [4.69, 9.17) is 21.2 Å². The molecule has 0 unspecified atom stereocenters. The van der Waals surface area contributed by atoms with Gasteiger partial charge >= 0.3 is 0 Å². The molecule has 0 radical (unpaired) electrons. The fourth-order valence-electron chi connectivity index (χ4n) is 6.39. The number of hydrogen-bond donors (Lipinski definition) is 0. The van der Waals surface area contributed by atoms with E-state index in [1.54, 1.807) is 6.07 Å². The average molecular weight is 658 g/mol. The molecule has 7 aromatic carbocycles. The molecule has 2 heterocycles. The number of aromatic nitrogens is 3. The molecule has 5 nitrogen and oxygen atoms in total. The summed E-state index contributed by atoms with van der Waals surface area (Å²) in [7, 11) is 0. The second-order valence-electron chi connectivity index (χ2n) is 12.0. The van der Waals surface area contributed by atoms with Crippen molar-refractivity contribution in [1.82, 2.24) is 15.0 Å². The highest BCUT2D eigenvalue weighted by molar-refractivity contribution is 6.13. The highest BCUT2D eigenvalue weighted by Crippen LogP contribution is 2.39. The van der Waals surface area contributed by atoms with Gasteiger partial charge in [-0.1, -0.05) is 133 Å². The van der Waals surface area contributed by atoms with Crippen LogP contribution in [-0.2, 0) is 0 Å². The monoisotopic (exact) mass is 657 g/mol. The topological polar surface area (TPSA) is 75.6 Å². The Morgan fingerprint density at radius 2 is 1.08 bits per heavy atom. The molecule has 0 aliphatic carbocycles. The van der Waals surface area contributed by atoms with Gasteiger partial charge in [0.25, 0.3) is 0 Å². The van der Waals surface area contributed by atoms with Crippen LogP contribution in [-0.4, -0.2) is 15.0 Å². The Morgan fingerprint density at radius 3 is 1.86 bits per heavy atom. The van der Waals surface area contributed by atoms with Gasteiger partial charge < -0.3 is 4.42 Å². The maximum Gasteiger partial charge on any atom is 0.164 e. The fourth-order valence-corrected chi connectivity index (χ4v) is 6.39. The van der Waals surface area contributed by atoms with Crippen molar-refractivity contribution in [3.8, 4) is 73.6 Å². The molecule has 9 rings (SSSR count). The Hall–Kier alpha value is -7.16. The third-order valence-electron chi connectivity index (χ3n) is 8.86. The summed E-state index contributed by atoms with van der Waals surface area (Å²) >= 11 is 0. The average Bonchev–Trinajstić information content (AvgIpc) is 3.64. The van der Waals surface area contributed by atoms with Gasteiger partial charge in [-0.2, -0.15) is 5.26 Å². The SMILES string of the molecule is [2H]c1c([2H])c([2H])c(-c2nc(-c3ccc(-c4cccc(C#N)c4)cc3)nc(-c3ccc4c(c3)oc3cccc(-c5cccc(-c6ccccc6)c5)c34)n2)c([2H])c1[2H]. The van der Waals surface area contributed by atoms with Gasteiger partial charge in [-0.15, -0.1) is 0 Å². The van der Waals surface area contributed by atoms with E-state index in [9.17, 15) is 5.26 Å². The summed E-state index contributed by atoms with van der Waals surface area (Å²) in [5, 5.41) is 11.3. The summed E-state index contributed by atoms with van der Waals surface area (Å²) in [5.74, 6) is 0.429. The van der Waals surface area contributed by atoms with Crippen LogP contribution in [0.5, 0.6) is 0 Å². The Kier molecular flexibility index (Phi) is 6.20. The molecular formula is C46H28N4O. The minimum absolute atomic E-state index is 0.0573. The van der Waals surface area contributed by atoms with Crippen LogP contribution in [0.3, 0.4) is 0 Å². The van der Waals surface area contributed by atoms with Gasteiger partial charge in [0.1, 0.15) is 11.2 Å². The Bertz CT molecular complexity index is 3020. The van der Waals surface area contributed by atoms with Crippen molar-refractivity contribution in [2.24, 2.45) is 0 Å². The lowest BCUT2D eigenvalue weighted by Crippen LogP contribution is -2.00. The van der Waals surface area contributed by atoms with Crippen molar-refractivity contribution in [3.63, 3.8) is 0 Å². The molecular weight excluding hydrogens is 625 g/mol. The first-order chi connectivity index (χ1) is 27.3. The van der Waals surface area contributed by atoms with Gasteiger partial charge in [0.05, 0.1) is 18.5 Å². The van der Waals surface area contributed by atoms with Gasteiger partial charge in [-0.05, 0) is 69.8 Å². The summed E-state index contributed by atoms with van der Waals surface area (Å²) < 4.78 is 48.6. The molecule has 238 valence electrons. The quantitative estimate of drug-likeness (QED) is 0.178. The molecule has 0 spiro atoms. The van der Waals surface area contributed by atoms with Gasteiger partial charge in [0.15, 0.2) is 17.5 Å². The lowest BCUT2D eigenvalue weighted by molar-refractivity contribution is 0.669. The van der Waals surface area contributed by atoms with E-state index < -0.39 is 30.2 Å². The smallest absolute Gasteiger partial charge is 0.164 e. The first kappa shape index (κ1) is 24.9. The van der Waals surface area contributed by atoms with E-state index in [-0.39, 0.29) is 23.0 Å². The van der Waals surface area contributed by atoms with Crippen molar-refractivity contribution in [3.05, 3.63) is 175 Å². The number of nitriles is 1. The second-order valence-corrected chi connectivity index (χ2v) is 12.0. The first-order valence-corrected chi connectivity index (χ1v) is 16.3. The predicted octanol–water partition coefficient (Wildman–Crippen LogP) is 11.6. The molecule has 51 heavy (non-hydrogen) atoms. The largest absolute Gasteiger partial charge is 0.456 e. The highest BCUT2D eigenvalue weighted by Gasteiger charge is 2.17. The van der Waals surface area contributed by atoms with Crippen molar-refractivity contribution < 1.29 is 11.3 Å². The molecule has 0 atom stereocenters. The van der Waals surface area contributed by atoms with Crippen LogP contribution in [0.1, 0.15) is 12.4 Å². The Labute approximate surface area is 301 Å². The van der Waals surface area contributed by atoms with Gasteiger partial charge in [0, 0.05) is 27.5 Å². The zero-order valence-corrected chi connectivity index (χ0v) is 27.0. The summed E-state index contributed by atoms with van der Waals surface area (Å²) in [6.07, 6.45) is 0. The van der Waals surface area contributed by atoms with Crippen LogP contribution < -0.4 is 0 Å². The van der Waals surface area contributed by atoms with Crippen LogP contribution >= 0.6 is 0 Å². The Morgan fingerprint density at radius 1 is 0.471 bits per heavy atom. The standard InChI is InChI=1S/C46H28N4O/c47-29-30-10-7-15-35(26-30)32-20-22-34(23-21-32)45-48-44(33-13-5-2-6-14-33)49-46(50-45)38-24-25-40-42(28-38)51-41-19-9-18-39(43(40)41)37-17-8-16-36(27-37)31-11-3-1-4-12-31/h1-28H/i2D,5D,6D,13D,14D. The highest BCUT2D eigenvalue weighted by atomic mass is 16.3. The van der Waals surface area contributed by atoms with Gasteiger partial charge in [-0.25, -0.2) is 15.0 Å². The molecule has 0 amide bonds. The molecule has 0 aliphatic rings. The molecule has 0 saturated heterocycles. The summed E-state index contributed by atoms with van der Waals surface area (Å²) in [4.78, 5) is 14.3. The van der Waals surface area contributed by atoms with Crippen LogP contribution in [0.15, 0.2) is 174 Å². The summed E-state index contributed by atoms with van der Waals surface area (Å²) in [6.45, 7) is 0. The zero-order chi connectivity index (χ0) is 38.5. The van der Waals surface area contributed by atoms with Crippen molar-refractivity contribution in [2.45, 2.75) is 0 Å². The van der Waals surface area contributed by atoms with Crippen LogP contribution in [0.25, 0.3) is 89.5 Å². The molecule has 5 heteroatoms. The van der Waals surface area contributed by atoms with E-state index in [0.717, 1.165) is 49.7 Å². The normalized spacial score (nSPS) is 12.5. The zero-order valence-electron chi connectivity index (χ0n) is 32.0. The molecule has 0 fully saturated rings. The third kappa shape index (κ3) is 5.71. The van der Waals surface area contributed by atoms with Crippen LogP contribution in [0.2, 0.25) is 0 Å². The maximum atomic E-state index is 9.39. The molecule has 2 aromatic heterocycles. The number of furan rings is 1. The van der Waals surface area contributed by atoms with E-state index >= 15 is 0 Å². The third-order valence-corrected chi connectivity index (χ3v) is 8.86. The molecule has 0 N–H and O–H groups in total. The number of rotatable bonds is 6.